The first-order valence-corrected chi connectivity index (χ1v) is 6.22. The lowest BCUT2D eigenvalue weighted by atomic mass is 10.0. The predicted molar refractivity (Wildman–Crippen MR) is 75.3 cm³/mol. The fraction of sp³-hybridized carbons (Fsp3) is 0.286. The molecular formula is C14H18N4O2. The van der Waals surface area contributed by atoms with E-state index >= 15 is 0 Å². The van der Waals surface area contributed by atoms with Crippen LogP contribution in [0.2, 0.25) is 0 Å². The molecule has 0 aliphatic heterocycles. The number of nitrogens with two attached hydrogens (primary N) is 1. The Balaban J connectivity index is 2.24. The van der Waals surface area contributed by atoms with Gasteiger partial charge in [0.05, 0.1) is 26.0 Å². The molecule has 6 heteroatoms. The second kappa shape index (κ2) is 6.83. The standard InChI is InChI=1S/C14H18N4O2/c1-19-13-6-4-3-5-10(13)7-12(18-15)11-8-14(20-2)17-9-16-11/h3-6,8-9,12,18H,7,15H2,1-2H3. The molecule has 0 saturated heterocycles. The molecule has 0 bridgehead atoms. The summed E-state index contributed by atoms with van der Waals surface area (Å²) in [6, 6.07) is 9.43. The molecule has 0 spiro atoms. The number of hydrazine groups is 1. The van der Waals surface area contributed by atoms with Gasteiger partial charge in [-0.15, -0.1) is 0 Å². The number of methoxy groups -OCH3 is 2. The first-order chi connectivity index (χ1) is 9.78. The van der Waals surface area contributed by atoms with E-state index in [-0.39, 0.29) is 6.04 Å². The van der Waals surface area contributed by atoms with E-state index in [1.807, 2.05) is 24.3 Å². The minimum Gasteiger partial charge on any atom is -0.496 e. The normalized spacial score (nSPS) is 11.9. The Kier molecular flexibility index (Phi) is 4.86. The van der Waals surface area contributed by atoms with Gasteiger partial charge in [0.25, 0.3) is 0 Å². The zero-order chi connectivity index (χ0) is 14.4. The molecular weight excluding hydrogens is 256 g/mol. The molecule has 1 aromatic heterocycles. The topological polar surface area (TPSA) is 82.3 Å². The van der Waals surface area contributed by atoms with Crippen molar-refractivity contribution in [1.29, 1.82) is 0 Å². The summed E-state index contributed by atoms with van der Waals surface area (Å²) in [4.78, 5) is 8.22. The molecule has 3 N–H and O–H groups in total. The van der Waals surface area contributed by atoms with Crippen LogP contribution in [-0.2, 0) is 6.42 Å². The third kappa shape index (κ3) is 3.23. The van der Waals surface area contributed by atoms with Crippen LogP contribution in [0.5, 0.6) is 11.6 Å². The number of rotatable bonds is 6. The summed E-state index contributed by atoms with van der Waals surface area (Å²) in [5.41, 5.74) is 4.59. The van der Waals surface area contributed by atoms with Gasteiger partial charge in [-0.1, -0.05) is 18.2 Å². The van der Waals surface area contributed by atoms with E-state index in [2.05, 4.69) is 15.4 Å². The molecule has 106 valence electrons. The summed E-state index contributed by atoms with van der Waals surface area (Å²) in [5.74, 6) is 6.98. The predicted octanol–water partition coefficient (Wildman–Crippen LogP) is 1.24. The van der Waals surface area contributed by atoms with Crippen LogP contribution >= 0.6 is 0 Å². The first kappa shape index (κ1) is 14.2. The molecule has 0 saturated carbocycles. The molecule has 0 amide bonds. The summed E-state index contributed by atoms with van der Waals surface area (Å²) in [6.45, 7) is 0. The monoisotopic (exact) mass is 274 g/mol. The minimum atomic E-state index is -0.150. The lowest BCUT2D eigenvalue weighted by Gasteiger charge is -2.17. The molecule has 0 aliphatic rings. The van der Waals surface area contributed by atoms with Crippen molar-refractivity contribution in [2.45, 2.75) is 12.5 Å². The van der Waals surface area contributed by atoms with Gasteiger partial charge in [-0.3, -0.25) is 11.3 Å². The summed E-state index contributed by atoms with van der Waals surface area (Å²) in [7, 11) is 3.22. The van der Waals surface area contributed by atoms with Crippen molar-refractivity contribution in [3.8, 4) is 11.6 Å². The van der Waals surface area contributed by atoms with Gasteiger partial charge in [0.2, 0.25) is 5.88 Å². The van der Waals surface area contributed by atoms with Crippen molar-refractivity contribution in [2.24, 2.45) is 5.84 Å². The summed E-state index contributed by atoms with van der Waals surface area (Å²) in [6.07, 6.45) is 2.11. The zero-order valence-corrected chi connectivity index (χ0v) is 11.5. The molecule has 1 atom stereocenters. The van der Waals surface area contributed by atoms with Crippen LogP contribution in [-0.4, -0.2) is 24.2 Å². The number of hydrogen-bond donors (Lipinski definition) is 2. The zero-order valence-electron chi connectivity index (χ0n) is 11.5. The summed E-state index contributed by atoms with van der Waals surface area (Å²) in [5, 5.41) is 0. The number of benzene rings is 1. The van der Waals surface area contributed by atoms with Crippen molar-refractivity contribution in [3.63, 3.8) is 0 Å². The number of hydrogen-bond acceptors (Lipinski definition) is 6. The second-order valence-corrected chi connectivity index (χ2v) is 4.22. The largest absolute Gasteiger partial charge is 0.496 e. The average molecular weight is 274 g/mol. The Morgan fingerprint density at radius 2 is 2.00 bits per heavy atom. The lowest BCUT2D eigenvalue weighted by Crippen LogP contribution is -2.30. The third-order valence-corrected chi connectivity index (χ3v) is 3.05. The number of nitrogens with zero attached hydrogens (tertiary/aromatic N) is 2. The number of para-hydroxylation sites is 1. The molecule has 0 fully saturated rings. The fourth-order valence-electron chi connectivity index (χ4n) is 2.00. The molecule has 1 aromatic carbocycles. The number of nitrogens with one attached hydrogen (secondary N) is 1. The summed E-state index contributed by atoms with van der Waals surface area (Å²) >= 11 is 0. The Labute approximate surface area is 117 Å². The Morgan fingerprint density at radius 1 is 1.20 bits per heavy atom. The van der Waals surface area contributed by atoms with Gasteiger partial charge in [0, 0.05) is 6.07 Å². The smallest absolute Gasteiger partial charge is 0.216 e. The van der Waals surface area contributed by atoms with E-state index in [1.54, 1.807) is 20.3 Å². The molecule has 2 aromatic rings. The van der Waals surface area contributed by atoms with E-state index in [0.29, 0.717) is 12.3 Å². The molecule has 1 heterocycles. The van der Waals surface area contributed by atoms with Crippen molar-refractivity contribution in [3.05, 3.63) is 47.9 Å². The molecule has 1 unspecified atom stereocenters. The fourth-order valence-corrected chi connectivity index (χ4v) is 2.00. The van der Waals surface area contributed by atoms with Gasteiger partial charge in [-0.05, 0) is 18.1 Å². The second-order valence-electron chi connectivity index (χ2n) is 4.22. The molecule has 0 aliphatic carbocycles. The third-order valence-electron chi connectivity index (χ3n) is 3.05. The van der Waals surface area contributed by atoms with Crippen LogP contribution in [0.3, 0.4) is 0 Å². The van der Waals surface area contributed by atoms with Gasteiger partial charge >= 0.3 is 0 Å². The number of aromatic nitrogens is 2. The van der Waals surface area contributed by atoms with Crippen LogP contribution in [0.1, 0.15) is 17.3 Å². The van der Waals surface area contributed by atoms with Gasteiger partial charge in [-0.2, -0.15) is 0 Å². The maximum atomic E-state index is 5.64. The minimum absolute atomic E-state index is 0.150. The lowest BCUT2D eigenvalue weighted by molar-refractivity contribution is 0.392. The van der Waals surface area contributed by atoms with Gasteiger partial charge in [0.15, 0.2) is 0 Å². The van der Waals surface area contributed by atoms with E-state index in [9.17, 15) is 0 Å². The van der Waals surface area contributed by atoms with E-state index in [0.717, 1.165) is 17.0 Å². The average Bonchev–Trinajstić information content (AvgIpc) is 2.53. The van der Waals surface area contributed by atoms with Crippen LogP contribution in [0.15, 0.2) is 36.7 Å². The quantitative estimate of drug-likeness (QED) is 0.609. The van der Waals surface area contributed by atoms with Gasteiger partial charge < -0.3 is 9.47 Å². The van der Waals surface area contributed by atoms with Crippen LogP contribution in [0.25, 0.3) is 0 Å². The summed E-state index contributed by atoms with van der Waals surface area (Å²) < 4.78 is 10.4. The van der Waals surface area contributed by atoms with Gasteiger partial charge in [0.1, 0.15) is 12.1 Å². The molecule has 0 radical (unpaired) electrons. The van der Waals surface area contributed by atoms with Crippen LogP contribution in [0, 0.1) is 0 Å². The van der Waals surface area contributed by atoms with Gasteiger partial charge in [-0.25, -0.2) is 9.97 Å². The molecule has 20 heavy (non-hydrogen) atoms. The highest BCUT2D eigenvalue weighted by Crippen LogP contribution is 2.24. The van der Waals surface area contributed by atoms with Crippen molar-refractivity contribution in [2.75, 3.05) is 14.2 Å². The first-order valence-electron chi connectivity index (χ1n) is 6.22. The molecule has 6 nitrogen and oxygen atoms in total. The number of ether oxygens (including phenoxy) is 2. The van der Waals surface area contributed by atoms with Crippen LogP contribution < -0.4 is 20.7 Å². The Hall–Kier alpha value is -2.18. The highest BCUT2D eigenvalue weighted by molar-refractivity contribution is 5.34. The molecule has 2 rings (SSSR count). The highest BCUT2D eigenvalue weighted by atomic mass is 16.5. The highest BCUT2D eigenvalue weighted by Gasteiger charge is 2.15. The van der Waals surface area contributed by atoms with Crippen molar-refractivity contribution >= 4 is 0 Å². The van der Waals surface area contributed by atoms with Crippen LogP contribution in [0.4, 0.5) is 0 Å². The van der Waals surface area contributed by atoms with E-state index in [1.165, 1.54) is 6.33 Å². The Bertz CT molecular complexity index is 562. The van der Waals surface area contributed by atoms with Crippen molar-refractivity contribution in [1.82, 2.24) is 15.4 Å². The maximum Gasteiger partial charge on any atom is 0.216 e. The van der Waals surface area contributed by atoms with E-state index in [4.69, 9.17) is 15.3 Å². The van der Waals surface area contributed by atoms with Crippen molar-refractivity contribution < 1.29 is 9.47 Å². The maximum absolute atomic E-state index is 5.64. The van der Waals surface area contributed by atoms with E-state index < -0.39 is 0 Å². The SMILES string of the molecule is COc1cc(C(Cc2ccccc2OC)NN)ncn1. The Morgan fingerprint density at radius 3 is 2.70 bits per heavy atom.